The second-order valence-corrected chi connectivity index (χ2v) is 35.6. The number of hydrogen-bond donors (Lipinski definition) is 0. The highest BCUT2D eigenvalue weighted by Crippen LogP contribution is 2.45. The van der Waals surface area contributed by atoms with E-state index in [0.717, 1.165) is 182 Å². The van der Waals surface area contributed by atoms with E-state index in [0.29, 0.717) is 69.9 Å². The first-order valence-electron chi connectivity index (χ1n) is 48.9. The second-order valence-electron chi connectivity index (χ2n) is 35.6. The molecule has 0 spiro atoms. The smallest absolute Gasteiger partial charge is 0.164 e. The lowest BCUT2D eigenvalue weighted by atomic mass is 9.98. The summed E-state index contributed by atoms with van der Waals surface area (Å²) < 4.78 is 24.7. The minimum Gasteiger partial charge on any atom is -0.456 e. The van der Waals surface area contributed by atoms with Crippen molar-refractivity contribution in [3.63, 3.8) is 0 Å². The predicted octanol–water partition coefficient (Wildman–Crippen LogP) is 33.8. The molecule has 696 valence electrons. The van der Waals surface area contributed by atoms with Gasteiger partial charge in [0.1, 0.15) is 44.7 Å². The molecule has 0 atom stereocenters. The summed E-state index contributed by atoms with van der Waals surface area (Å²) in [5.41, 5.74) is 27.1. The van der Waals surface area contributed by atoms with Crippen LogP contribution in [0.1, 0.15) is 0 Å². The van der Waals surface area contributed by atoms with Crippen molar-refractivity contribution in [3.8, 4) is 181 Å². The lowest BCUT2D eigenvalue weighted by Crippen LogP contribution is -2.00. The van der Waals surface area contributed by atoms with Crippen LogP contribution in [0.15, 0.2) is 527 Å². The van der Waals surface area contributed by atoms with E-state index in [9.17, 15) is 0 Å². The summed E-state index contributed by atoms with van der Waals surface area (Å²) >= 11 is 0. The molecule has 28 aromatic rings. The number of benzene rings is 20. The molecule has 16 heteroatoms. The Morgan fingerprint density at radius 2 is 0.270 bits per heavy atom. The molecule has 8 heterocycles. The molecule has 0 N–H and O–H groups in total. The van der Waals surface area contributed by atoms with Gasteiger partial charge in [0.25, 0.3) is 0 Å². The maximum atomic E-state index is 6.34. The maximum Gasteiger partial charge on any atom is 0.164 e. The van der Waals surface area contributed by atoms with Gasteiger partial charge >= 0.3 is 0 Å². The van der Waals surface area contributed by atoms with Gasteiger partial charge in [-0.2, -0.15) is 0 Å². The topological polar surface area (TPSA) is 207 Å². The van der Waals surface area contributed by atoms with Crippen LogP contribution in [-0.4, -0.2) is 59.8 Å². The van der Waals surface area contributed by atoms with E-state index in [2.05, 4.69) is 164 Å². The fraction of sp³-hybridized carbons (Fsp3) is 0. The zero-order valence-electron chi connectivity index (χ0n) is 79.5. The molecule has 0 aliphatic heterocycles. The Balaban J connectivity index is 0.000000103. The van der Waals surface area contributed by atoms with E-state index in [4.69, 9.17) is 77.5 Å². The zero-order valence-corrected chi connectivity index (χ0v) is 79.5. The molecule has 8 aromatic heterocycles. The summed E-state index contributed by atoms with van der Waals surface area (Å²) in [7, 11) is 0. The van der Waals surface area contributed by atoms with E-state index < -0.39 is 0 Å². The van der Waals surface area contributed by atoms with Gasteiger partial charge in [-0.25, -0.2) is 59.8 Å². The standard InChI is InChI=1S/C39H25N3O.2C33H21N3O.C27H17N3O/c1-4-11-26(12-5-1)27-19-21-28(22-20-27)31-23-24-34-33(25-31)36-32(17-10-18-35(36)43-34)39-41-37(29-13-6-2-7-14-29)40-38(42-39)30-15-8-3-9-16-30;1-3-11-22(12-4-1)24-15-9-16-25(21-24)32-34-31(23-13-5-2-6-14-23)35-33(36-32)27-18-10-20-29-30(27)26-17-7-8-19-28(26)37-29;1-3-10-22(11-4-1)23-18-20-25(21-19-23)32-34-31(24-12-5-2-6-13-24)35-33(36-32)27-15-9-17-29-30(27)26-14-7-8-16-28(26)37-29;1-3-10-18(11-4-1)25-28-26(19-12-5-2-6-13-19)30-27(29-25)21-15-9-17-23-24(21)20-14-7-8-16-22(20)31-23/h1-25H;2*1-21H;1-17H. The Morgan fingerprint density at radius 1 is 0.101 bits per heavy atom. The molecule has 0 saturated heterocycles. The van der Waals surface area contributed by atoms with Crippen LogP contribution in [0, 0.1) is 0 Å². The first kappa shape index (κ1) is 89.0. The Kier molecular flexibility index (Phi) is 24.0. The number of rotatable bonds is 16. The van der Waals surface area contributed by atoms with E-state index in [1.165, 1.54) is 16.7 Å². The summed E-state index contributed by atoms with van der Waals surface area (Å²) in [6, 6.07) is 171. The SMILES string of the molecule is c1ccc(-c2ccc(-c3ccc4oc5cccc(-c6nc(-c7ccccc7)nc(-c7ccccc7)n6)c5c4c3)cc2)cc1.c1ccc(-c2ccc(-c3nc(-c4ccccc4)nc(-c4cccc5oc6ccccc6c45)n3)cc2)cc1.c1ccc(-c2cccc(-c3nc(-c4ccccc4)nc(-c4cccc5oc6ccccc6c45)n3)c2)cc1.c1ccc(-c2nc(-c3ccccc3)nc(-c3cccc4oc5ccccc5c34)n2)cc1. The molecule has 0 saturated carbocycles. The third-order valence-corrected chi connectivity index (χ3v) is 26.2. The summed E-state index contributed by atoms with van der Waals surface area (Å²) in [4.78, 5) is 59.1. The molecule has 16 nitrogen and oxygen atoms in total. The van der Waals surface area contributed by atoms with Crippen molar-refractivity contribution in [1.29, 1.82) is 0 Å². The van der Waals surface area contributed by atoms with Gasteiger partial charge < -0.3 is 17.7 Å². The number of furan rings is 4. The van der Waals surface area contributed by atoms with Gasteiger partial charge in [-0.1, -0.05) is 449 Å². The maximum absolute atomic E-state index is 6.34. The van der Waals surface area contributed by atoms with Gasteiger partial charge in [0.05, 0.1) is 0 Å². The Labute approximate surface area is 850 Å². The van der Waals surface area contributed by atoms with Gasteiger partial charge in [0.2, 0.25) is 0 Å². The molecule has 28 rings (SSSR count). The van der Waals surface area contributed by atoms with Crippen LogP contribution < -0.4 is 0 Å². The zero-order chi connectivity index (χ0) is 98.4. The van der Waals surface area contributed by atoms with Crippen LogP contribution in [0.4, 0.5) is 0 Å². The monoisotopic (exact) mass is 1900 g/mol. The number of hydrogen-bond acceptors (Lipinski definition) is 16. The fourth-order valence-corrected chi connectivity index (χ4v) is 19.0. The average molecular weight is 1900 g/mol. The molecular formula is C132H84N12O4. The van der Waals surface area contributed by atoms with Crippen molar-refractivity contribution in [2.45, 2.75) is 0 Å². The van der Waals surface area contributed by atoms with Crippen LogP contribution in [0.25, 0.3) is 269 Å². The first-order chi connectivity index (χ1) is 73.3. The highest BCUT2D eigenvalue weighted by molar-refractivity contribution is 6.16. The van der Waals surface area contributed by atoms with E-state index in [1.54, 1.807) is 0 Å². The van der Waals surface area contributed by atoms with Gasteiger partial charge in [-0.3, -0.25) is 0 Å². The quantitative estimate of drug-likeness (QED) is 0.0881. The van der Waals surface area contributed by atoms with Crippen LogP contribution in [0.2, 0.25) is 0 Å². The molecule has 0 aliphatic carbocycles. The van der Waals surface area contributed by atoms with Crippen LogP contribution >= 0.6 is 0 Å². The van der Waals surface area contributed by atoms with Gasteiger partial charge in [0, 0.05) is 110 Å². The van der Waals surface area contributed by atoms with E-state index in [1.807, 2.05) is 346 Å². The van der Waals surface area contributed by atoms with Gasteiger partial charge in [0.15, 0.2) is 69.9 Å². The molecule has 0 bridgehead atoms. The summed E-state index contributed by atoms with van der Waals surface area (Å²) in [6.45, 7) is 0. The van der Waals surface area contributed by atoms with Crippen LogP contribution in [0.3, 0.4) is 0 Å². The van der Waals surface area contributed by atoms with Crippen molar-refractivity contribution >= 4 is 87.8 Å². The van der Waals surface area contributed by atoms with Crippen molar-refractivity contribution in [1.82, 2.24) is 59.8 Å². The lowest BCUT2D eigenvalue weighted by Gasteiger charge is -2.10. The summed E-state index contributed by atoms with van der Waals surface area (Å²) in [5.74, 6) is 7.57. The summed E-state index contributed by atoms with van der Waals surface area (Å²) in [5, 5.41) is 8.19. The largest absolute Gasteiger partial charge is 0.456 e. The molecular weight excluding hydrogens is 1820 g/mol. The van der Waals surface area contributed by atoms with Crippen molar-refractivity contribution in [2.75, 3.05) is 0 Å². The minimum atomic E-state index is 0.610. The number of fused-ring (bicyclic) bond motifs is 12. The van der Waals surface area contributed by atoms with Gasteiger partial charge in [-0.15, -0.1) is 0 Å². The van der Waals surface area contributed by atoms with Gasteiger partial charge in [-0.05, 0) is 105 Å². The number of aromatic nitrogens is 12. The second kappa shape index (κ2) is 40.0. The first-order valence-corrected chi connectivity index (χ1v) is 48.9. The van der Waals surface area contributed by atoms with E-state index in [-0.39, 0.29) is 0 Å². The Bertz CT molecular complexity index is 9570. The van der Waals surface area contributed by atoms with Crippen molar-refractivity contribution < 1.29 is 17.7 Å². The van der Waals surface area contributed by atoms with Crippen molar-refractivity contribution in [2.24, 2.45) is 0 Å². The molecule has 0 fully saturated rings. The third-order valence-electron chi connectivity index (χ3n) is 26.2. The lowest BCUT2D eigenvalue weighted by molar-refractivity contribution is 0.668. The molecule has 20 aromatic carbocycles. The number of para-hydroxylation sites is 3. The van der Waals surface area contributed by atoms with Crippen LogP contribution in [-0.2, 0) is 0 Å². The minimum absolute atomic E-state index is 0.610. The summed E-state index contributed by atoms with van der Waals surface area (Å²) in [6.07, 6.45) is 0. The van der Waals surface area contributed by atoms with E-state index >= 15 is 0 Å². The highest BCUT2D eigenvalue weighted by Gasteiger charge is 2.25. The fourth-order valence-electron chi connectivity index (χ4n) is 19.0. The highest BCUT2D eigenvalue weighted by atomic mass is 16.3. The van der Waals surface area contributed by atoms with Crippen molar-refractivity contribution in [3.05, 3.63) is 510 Å². The molecule has 0 amide bonds. The molecule has 0 radical (unpaired) electrons. The molecule has 148 heavy (non-hydrogen) atoms. The number of nitrogens with zero attached hydrogens (tertiary/aromatic N) is 12. The predicted molar refractivity (Wildman–Crippen MR) is 595 cm³/mol. The average Bonchev–Trinajstić information content (AvgIpc) is 1.59. The normalized spacial score (nSPS) is 11.2. The molecule has 0 unspecified atom stereocenters. The van der Waals surface area contributed by atoms with Crippen LogP contribution in [0.5, 0.6) is 0 Å². The Hall–Kier alpha value is -20.4. The third kappa shape index (κ3) is 18.2. The Morgan fingerprint density at radius 3 is 0.561 bits per heavy atom. The molecule has 0 aliphatic rings.